The van der Waals surface area contributed by atoms with Crippen LogP contribution in [-0.4, -0.2) is 39.6 Å². The first-order chi connectivity index (χ1) is 15.0. The van der Waals surface area contributed by atoms with Crippen LogP contribution in [0.25, 0.3) is 0 Å². The number of carbonyl (C=O) groups is 2. The molecular formula is C22H25BrN2O6. The van der Waals surface area contributed by atoms with Crippen LogP contribution in [0.4, 0.5) is 11.4 Å². The SMILES string of the molecule is COCOc1cc(Br)cc2c1NC(=O)CC2.COCOc1cccc2c1NC(=O)CC2. The molecule has 0 saturated heterocycles. The van der Waals surface area contributed by atoms with Gasteiger partial charge in [0.05, 0.1) is 11.4 Å². The van der Waals surface area contributed by atoms with Crippen molar-refractivity contribution < 1.29 is 28.5 Å². The number of halogens is 1. The van der Waals surface area contributed by atoms with E-state index in [1.807, 2.05) is 30.3 Å². The van der Waals surface area contributed by atoms with Crippen molar-refractivity contribution in [2.24, 2.45) is 0 Å². The summed E-state index contributed by atoms with van der Waals surface area (Å²) in [6.07, 6.45) is 2.57. The Morgan fingerprint density at radius 1 is 0.806 bits per heavy atom. The topological polar surface area (TPSA) is 95.1 Å². The number of fused-ring (bicyclic) bond motifs is 2. The molecule has 0 fully saturated rings. The van der Waals surface area contributed by atoms with Crippen LogP contribution in [0.3, 0.4) is 0 Å². The van der Waals surface area contributed by atoms with Crippen LogP contribution >= 0.6 is 15.9 Å². The fraction of sp³-hybridized carbons (Fsp3) is 0.364. The second kappa shape index (κ2) is 11.1. The van der Waals surface area contributed by atoms with Gasteiger partial charge in [0, 0.05) is 31.5 Å². The fourth-order valence-electron chi connectivity index (χ4n) is 3.28. The minimum Gasteiger partial charge on any atom is -0.465 e. The highest BCUT2D eigenvalue weighted by atomic mass is 79.9. The number of hydrogen-bond donors (Lipinski definition) is 2. The summed E-state index contributed by atoms with van der Waals surface area (Å²) in [7, 11) is 3.12. The molecule has 0 atom stereocenters. The molecule has 0 saturated carbocycles. The predicted octanol–water partition coefficient (Wildman–Crippen LogP) is 3.87. The molecule has 166 valence electrons. The number of nitrogens with one attached hydrogen (secondary N) is 2. The first-order valence-corrected chi connectivity index (χ1v) is 10.6. The summed E-state index contributed by atoms with van der Waals surface area (Å²) < 4.78 is 21.4. The molecule has 0 unspecified atom stereocenters. The van der Waals surface area contributed by atoms with Gasteiger partial charge in [-0.15, -0.1) is 0 Å². The zero-order valence-electron chi connectivity index (χ0n) is 17.5. The van der Waals surface area contributed by atoms with Crippen LogP contribution in [0.5, 0.6) is 11.5 Å². The number of hydrogen-bond acceptors (Lipinski definition) is 6. The highest BCUT2D eigenvalue weighted by molar-refractivity contribution is 9.10. The number of benzene rings is 2. The number of methoxy groups -OCH3 is 2. The highest BCUT2D eigenvalue weighted by Gasteiger charge is 2.20. The Morgan fingerprint density at radius 3 is 2.03 bits per heavy atom. The predicted molar refractivity (Wildman–Crippen MR) is 119 cm³/mol. The number of para-hydroxylation sites is 1. The molecule has 2 aliphatic rings. The molecule has 9 heteroatoms. The Morgan fingerprint density at radius 2 is 1.39 bits per heavy atom. The number of ether oxygens (including phenoxy) is 4. The Balaban J connectivity index is 0.000000176. The lowest BCUT2D eigenvalue weighted by molar-refractivity contribution is -0.117. The molecule has 0 spiro atoms. The Bertz CT molecular complexity index is 950. The second-order valence-electron chi connectivity index (χ2n) is 6.93. The van der Waals surface area contributed by atoms with Crippen molar-refractivity contribution in [1.82, 2.24) is 0 Å². The number of carbonyl (C=O) groups excluding carboxylic acids is 2. The van der Waals surface area contributed by atoms with Crippen LogP contribution in [0, 0.1) is 0 Å². The number of rotatable bonds is 6. The molecule has 4 rings (SSSR count). The van der Waals surface area contributed by atoms with E-state index in [0.717, 1.165) is 39.8 Å². The van der Waals surface area contributed by atoms with Gasteiger partial charge in [0.25, 0.3) is 0 Å². The van der Waals surface area contributed by atoms with Crippen molar-refractivity contribution in [2.75, 3.05) is 38.4 Å². The van der Waals surface area contributed by atoms with Gasteiger partial charge in [0.15, 0.2) is 13.6 Å². The molecule has 0 aromatic heterocycles. The zero-order valence-corrected chi connectivity index (χ0v) is 19.0. The second-order valence-corrected chi connectivity index (χ2v) is 7.84. The van der Waals surface area contributed by atoms with E-state index in [-0.39, 0.29) is 25.4 Å². The molecule has 2 aromatic rings. The minimum atomic E-state index is 0.0251. The molecule has 31 heavy (non-hydrogen) atoms. The van der Waals surface area contributed by atoms with Crippen LogP contribution in [-0.2, 0) is 31.9 Å². The van der Waals surface area contributed by atoms with E-state index in [1.54, 1.807) is 14.2 Å². The van der Waals surface area contributed by atoms with E-state index >= 15 is 0 Å². The van der Waals surface area contributed by atoms with E-state index < -0.39 is 0 Å². The average molecular weight is 493 g/mol. The number of aryl methyl sites for hydroxylation is 2. The monoisotopic (exact) mass is 492 g/mol. The lowest BCUT2D eigenvalue weighted by atomic mass is 10.0. The molecule has 2 aliphatic heterocycles. The lowest BCUT2D eigenvalue weighted by Crippen LogP contribution is -2.20. The normalized spacial score (nSPS) is 14.3. The maximum atomic E-state index is 11.3. The van der Waals surface area contributed by atoms with Gasteiger partial charge in [0.1, 0.15) is 11.5 Å². The van der Waals surface area contributed by atoms with Crippen LogP contribution in [0.15, 0.2) is 34.8 Å². The van der Waals surface area contributed by atoms with E-state index in [4.69, 9.17) is 18.9 Å². The van der Waals surface area contributed by atoms with E-state index in [2.05, 4.69) is 26.6 Å². The zero-order chi connectivity index (χ0) is 22.2. The van der Waals surface area contributed by atoms with Gasteiger partial charge < -0.3 is 29.6 Å². The van der Waals surface area contributed by atoms with Crippen molar-refractivity contribution in [3.05, 3.63) is 45.9 Å². The molecule has 2 heterocycles. The Kier molecular flexibility index (Phi) is 8.27. The maximum Gasteiger partial charge on any atom is 0.224 e. The molecular weight excluding hydrogens is 468 g/mol. The molecule has 8 nitrogen and oxygen atoms in total. The first-order valence-electron chi connectivity index (χ1n) is 9.79. The molecule has 0 radical (unpaired) electrons. The number of amides is 2. The van der Waals surface area contributed by atoms with Crippen molar-refractivity contribution in [3.8, 4) is 11.5 Å². The minimum absolute atomic E-state index is 0.0251. The molecule has 2 N–H and O–H groups in total. The van der Waals surface area contributed by atoms with Gasteiger partial charge in [-0.25, -0.2) is 0 Å². The largest absolute Gasteiger partial charge is 0.465 e. The van der Waals surface area contributed by atoms with E-state index in [1.165, 1.54) is 0 Å². The molecule has 2 amide bonds. The third-order valence-electron chi connectivity index (χ3n) is 4.70. The van der Waals surface area contributed by atoms with Gasteiger partial charge >= 0.3 is 0 Å². The standard InChI is InChI=1S/C11H12BrNO3.C11H13NO3/c1-15-6-16-9-5-8(12)4-7-2-3-10(14)13-11(7)9;1-14-7-15-9-4-2-3-8-5-6-10(13)12-11(8)9/h4-5H,2-3,6H2,1H3,(H,13,14);2-4H,5-7H2,1H3,(H,12,13). The van der Waals surface area contributed by atoms with Crippen LogP contribution in [0.2, 0.25) is 0 Å². The smallest absolute Gasteiger partial charge is 0.224 e. The van der Waals surface area contributed by atoms with Gasteiger partial charge in [-0.2, -0.15) is 0 Å². The van der Waals surface area contributed by atoms with Crippen molar-refractivity contribution >= 4 is 39.1 Å². The summed E-state index contributed by atoms with van der Waals surface area (Å²) >= 11 is 3.41. The number of anilines is 2. The summed E-state index contributed by atoms with van der Waals surface area (Å²) in [5.41, 5.74) is 3.74. The highest BCUT2D eigenvalue weighted by Crippen LogP contribution is 2.36. The van der Waals surface area contributed by atoms with Gasteiger partial charge in [-0.1, -0.05) is 28.1 Å². The van der Waals surface area contributed by atoms with E-state index in [0.29, 0.717) is 24.3 Å². The summed E-state index contributed by atoms with van der Waals surface area (Å²) in [6, 6.07) is 9.55. The third-order valence-corrected chi connectivity index (χ3v) is 5.16. The summed E-state index contributed by atoms with van der Waals surface area (Å²) in [5, 5.41) is 5.64. The Hall–Kier alpha value is -2.62. The first kappa shape index (κ1) is 23.1. The van der Waals surface area contributed by atoms with Gasteiger partial charge in [-0.3, -0.25) is 9.59 Å². The Labute approximate surface area is 189 Å². The third kappa shape index (κ3) is 6.19. The molecule has 0 bridgehead atoms. The van der Waals surface area contributed by atoms with E-state index in [9.17, 15) is 9.59 Å². The molecule has 2 aromatic carbocycles. The van der Waals surface area contributed by atoms with Gasteiger partial charge in [-0.05, 0) is 42.2 Å². The summed E-state index contributed by atoms with van der Waals surface area (Å²) in [6.45, 7) is 0.352. The van der Waals surface area contributed by atoms with Crippen LogP contribution < -0.4 is 20.1 Å². The average Bonchev–Trinajstić information content (AvgIpc) is 2.77. The summed E-state index contributed by atoms with van der Waals surface area (Å²) in [5.74, 6) is 1.37. The fourth-order valence-corrected chi connectivity index (χ4v) is 3.77. The molecule has 0 aliphatic carbocycles. The van der Waals surface area contributed by atoms with Gasteiger partial charge in [0.2, 0.25) is 11.8 Å². The maximum absolute atomic E-state index is 11.3. The lowest BCUT2D eigenvalue weighted by Gasteiger charge is -2.20. The summed E-state index contributed by atoms with van der Waals surface area (Å²) in [4.78, 5) is 22.6. The van der Waals surface area contributed by atoms with Crippen molar-refractivity contribution in [3.63, 3.8) is 0 Å². The van der Waals surface area contributed by atoms with Crippen molar-refractivity contribution in [1.29, 1.82) is 0 Å². The van der Waals surface area contributed by atoms with Crippen LogP contribution in [0.1, 0.15) is 24.0 Å². The van der Waals surface area contributed by atoms with Crippen molar-refractivity contribution in [2.45, 2.75) is 25.7 Å². The quantitative estimate of drug-likeness (QED) is 0.594.